The fraction of sp³-hybridized carbons (Fsp3) is 0.412. The number of nitrogens with zero attached hydrogens (tertiary/aromatic N) is 2. The zero-order valence-corrected chi connectivity index (χ0v) is 14.8. The molecular formula is C17H21ClF2N4O. The zero-order valence-electron chi connectivity index (χ0n) is 13.9. The molecule has 8 heteroatoms. The van der Waals surface area contributed by atoms with Gasteiger partial charge in [0.2, 0.25) is 0 Å². The maximum atomic E-state index is 13.5. The van der Waals surface area contributed by atoms with Gasteiger partial charge in [0.25, 0.3) is 5.91 Å². The molecule has 3 rings (SSSR count). The molecule has 0 atom stereocenters. The van der Waals surface area contributed by atoms with Crippen molar-refractivity contribution in [1.29, 1.82) is 0 Å². The summed E-state index contributed by atoms with van der Waals surface area (Å²) in [6, 6.07) is 3.65. The summed E-state index contributed by atoms with van der Waals surface area (Å²) in [6.45, 7) is 1.38. The van der Waals surface area contributed by atoms with Crippen molar-refractivity contribution in [2.24, 2.45) is 0 Å². The molecule has 0 fully saturated rings. The van der Waals surface area contributed by atoms with Gasteiger partial charge >= 0.3 is 0 Å². The maximum absolute atomic E-state index is 13.5. The number of hydrogen-bond acceptors (Lipinski definition) is 3. The summed E-state index contributed by atoms with van der Waals surface area (Å²) in [7, 11) is 1.86. The third-order valence-corrected chi connectivity index (χ3v) is 4.18. The van der Waals surface area contributed by atoms with Gasteiger partial charge in [-0.25, -0.2) is 13.5 Å². The fourth-order valence-electron chi connectivity index (χ4n) is 3.00. The highest BCUT2D eigenvalue weighted by Gasteiger charge is 2.27. The minimum atomic E-state index is -0.923. The van der Waals surface area contributed by atoms with Crippen LogP contribution in [0.25, 0.3) is 5.69 Å². The Labute approximate surface area is 151 Å². The Bertz CT molecular complexity index is 763. The molecule has 2 aromatic rings. The summed E-state index contributed by atoms with van der Waals surface area (Å²) in [4.78, 5) is 12.4. The van der Waals surface area contributed by atoms with Gasteiger partial charge in [-0.05, 0) is 51.4 Å². The Morgan fingerprint density at radius 3 is 2.76 bits per heavy atom. The number of carbonyl (C=O) groups is 1. The van der Waals surface area contributed by atoms with Gasteiger partial charge in [0.15, 0.2) is 17.3 Å². The SMILES string of the molecule is CNCCCNC(=O)c1nn(-c2ccc(F)c(F)c2)c2c1CCC2.Cl. The molecule has 0 aliphatic heterocycles. The summed E-state index contributed by atoms with van der Waals surface area (Å²) in [5, 5.41) is 10.3. The predicted octanol–water partition coefficient (Wildman–Crippen LogP) is 2.40. The number of halogens is 3. The molecule has 0 saturated carbocycles. The maximum Gasteiger partial charge on any atom is 0.272 e. The van der Waals surface area contributed by atoms with Crippen molar-refractivity contribution in [3.8, 4) is 5.69 Å². The van der Waals surface area contributed by atoms with Gasteiger partial charge in [0.1, 0.15) is 0 Å². The van der Waals surface area contributed by atoms with Crippen molar-refractivity contribution in [3.63, 3.8) is 0 Å². The minimum absolute atomic E-state index is 0. The van der Waals surface area contributed by atoms with Crippen molar-refractivity contribution in [1.82, 2.24) is 20.4 Å². The first-order valence-electron chi connectivity index (χ1n) is 8.11. The van der Waals surface area contributed by atoms with E-state index in [1.807, 2.05) is 7.05 Å². The smallest absolute Gasteiger partial charge is 0.272 e. The summed E-state index contributed by atoms with van der Waals surface area (Å²) in [5.74, 6) is -2.04. The molecule has 0 bridgehead atoms. The first-order chi connectivity index (χ1) is 11.6. The number of hydrogen-bond donors (Lipinski definition) is 2. The number of fused-ring (bicyclic) bond motifs is 1. The minimum Gasteiger partial charge on any atom is -0.351 e. The molecular weight excluding hydrogens is 350 g/mol. The monoisotopic (exact) mass is 370 g/mol. The second kappa shape index (κ2) is 8.40. The highest BCUT2D eigenvalue weighted by Crippen LogP contribution is 2.28. The molecule has 0 unspecified atom stereocenters. The molecule has 1 amide bonds. The lowest BCUT2D eigenvalue weighted by molar-refractivity contribution is 0.0947. The Hall–Kier alpha value is -1.99. The van der Waals surface area contributed by atoms with Gasteiger partial charge in [-0.15, -0.1) is 12.4 Å². The van der Waals surface area contributed by atoms with E-state index in [9.17, 15) is 13.6 Å². The normalized spacial score (nSPS) is 12.6. The van der Waals surface area contributed by atoms with Crippen LogP contribution >= 0.6 is 12.4 Å². The molecule has 1 aliphatic carbocycles. The van der Waals surface area contributed by atoms with E-state index in [1.165, 1.54) is 6.07 Å². The van der Waals surface area contributed by atoms with E-state index in [1.54, 1.807) is 4.68 Å². The number of carbonyl (C=O) groups excluding carboxylic acids is 1. The van der Waals surface area contributed by atoms with Crippen LogP contribution in [-0.2, 0) is 12.8 Å². The average Bonchev–Trinajstić information content (AvgIpc) is 3.16. The number of amides is 1. The Morgan fingerprint density at radius 2 is 2.04 bits per heavy atom. The van der Waals surface area contributed by atoms with Crippen molar-refractivity contribution < 1.29 is 13.6 Å². The van der Waals surface area contributed by atoms with Gasteiger partial charge in [-0.1, -0.05) is 0 Å². The van der Waals surface area contributed by atoms with E-state index in [4.69, 9.17) is 0 Å². The third kappa shape index (κ3) is 3.99. The fourth-order valence-corrected chi connectivity index (χ4v) is 3.00. The quantitative estimate of drug-likeness (QED) is 0.768. The summed E-state index contributed by atoms with van der Waals surface area (Å²) < 4.78 is 28.2. The number of benzene rings is 1. The first-order valence-corrected chi connectivity index (χ1v) is 8.11. The van der Waals surface area contributed by atoms with Gasteiger partial charge in [0, 0.05) is 23.9 Å². The molecule has 0 saturated heterocycles. The Balaban J connectivity index is 0.00000225. The van der Waals surface area contributed by atoms with Crippen LogP contribution in [0, 0.1) is 11.6 Å². The van der Waals surface area contributed by atoms with Crippen LogP contribution in [0.2, 0.25) is 0 Å². The summed E-state index contributed by atoms with van der Waals surface area (Å²) in [5.41, 5.74) is 2.63. The molecule has 1 aromatic carbocycles. The highest BCUT2D eigenvalue weighted by atomic mass is 35.5. The van der Waals surface area contributed by atoms with Crippen LogP contribution in [0.15, 0.2) is 18.2 Å². The lowest BCUT2D eigenvalue weighted by Gasteiger charge is -2.06. The van der Waals surface area contributed by atoms with E-state index >= 15 is 0 Å². The predicted molar refractivity (Wildman–Crippen MR) is 93.6 cm³/mol. The van der Waals surface area contributed by atoms with Crippen LogP contribution in [0.5, 0.6) is 0 Å². The van der Waals surface area contributed by atoms with E-state index in [0.29, 0.717) is 17.9 Å². The highest BCUT2D eigenvalue weighted by molar-refractivity contribution is 5.94. The number of aromatic nitrogens is 2. The Morgan fingerprint density at radius 1 is 1.24 bits per heavy atom. The van der Waals surface area contributed by atoms with Crippen LogP contribution < -0.4 is 10.6 Å². The molecule has 1 aliphatic rings. The summed E-state index contributed by atoms with van der Waals surface area (Å²) in [6.07, 6.45) is 3.30. The molecule has 1 heterocycles. The Kier molecular flexibility index (Phi) is 6.50. The van der Waals surface area contributed by atoms with E-state index < -0.39 is 11.6 Å². The van der Waals surface area contributed by atoms with E-state index in [2.05, 4.69) is 15.7 Å². The second-order valence-corrected chi connectivity index (χ2v) is 5.85. The van der Waals surface area contributed by atoms with Crippen LogP contribution in [0.4, 0.5) is 8.78 Å². The van der Waals surface area contributed by atoms with Gasteiger partial charge in [-0.3, -0.25) is 4.79 Å². The largest absolute Gasteiger partial charge is 0.351 e. The first kappa shape index (κ1) is 19.3. The zero-order chi connectivity index (χ0) is 17.1. The molecule has 0 radical (unpaired) electrons. The molecule has 2 N–H and O–H groups in total. The van der Waals surface area contributed by atoms with Gasteiger partial charge in [0.05, 0.1) is 5.69 Å². The molecule has 25 heavy (non-hydrogen) atoms. The topological polar surface area (TPSA) is 58.9 Å². The van der Waals surface area contributed by atoms with Crippen LogP contribution in [0.1, 0.15) is 34.6 Å². The van der Waals surface area contributed by atoms with E-state index in [0.717, 1.165) is 55.6 Å². The number of nitrogens with one attached hydrogen (secondary N) is 2. The van der Waals surface area contributed by atoms with Crippen LogP contribution in [-0.4, -0.2) is 35.8 Å². The van der Waals surface area contributed by atoms with Crippen molar-refractivity contribution in [3.05, 3.63) is 46.8 Å². The van der Waals surface area contributed by atoms with Gasteiger partial charge < -0.3 is 10.6 Å². The van der Waals surface area contributed by atoms with Crippen molar-refractivity contribution in [2.45, 2.75) is 25.7 Å². The molecule has 5 nitrogen and oxygen atoms in total. The van der Waals surface area contributed by atoms with Crippen molar-refractivity contribution >= 4 is 18.3 Å². The molecule has 0 spiro atoms. The second-order valence-electron chi connectivity index (χ2n) is 5.85. The van der Waals surface area contributed by atoms with Crippen LogP contribution in [0.3, 0.4) is 0 Å². The van der Waals surface area contributed by atoms with E-state index in [-0.39, 0.29) is 18.3 Å². The molecule has 1 aromatic heterocycles. The summed E-state index contributed by atoms with van der Waals surface area (Å²) >= 11 is 0. The lowest BCUT2D eigenvalue weighted by atomic mass is 10.2. The third-order valence-electron chi connectivity index (χ3n) is 4.18. The molecule has 136 valence electrons. The lowest BCUT2D eigenvalue weighted by Crippen LogP contribution is -2.27. The van der Waals surface area contributed by atoms with Gasteiger partial charge in [-0.2, -0.15) is 5.10 Å². The standard InChI is InChI=1S/C17H20F2N4O.ClH/c1-20-8-3-9-21-17(24)16-12-4-2-5-15(12)23(22-16)11-6-7-13(18)14(19)10-11;/h6-7,10,20H,2-5,8-9H2,1H3,(H,21,24);1H. The number of rotatable bonds is 6. The average molecular weight is 371 g/mol. The van der Waals surface area contributed by atoms with Crippen molar-refractivity contribution in [2.75, 3.05) is 20.1 Å².